The summed E-state index contributed by atoms with van der Waals surface area (Å²) in [5.74, 6) is -0.295. The van der Waals surface area contributed by atoms with E-state index in [-0.39, 0.29) is 17.4 Å². The van der Waals surface area contributed by atoms with Gasteiger partial charge in [-0.15, -0.1) is 0 Å². The van der Waals surface area contributed by atoms with Crippen LogP contribution in [0.3, 0.4) is 0 Å². The molecular weight excluding hydrogens is 412 g/mol. The summed E-state index contributed by atoms with van der Waals surface area (Å²) in [6.45, 7) is 8.05. The van der Waals surface area contributed by atoms with Crippen molar-refractivity contribution in [1.29, 1.82) is 0 Å². The summed E-state index contributed by atoms with van der Waals surface area (Å²) in [5.41, 5.74) is 2.94. The predicted molar refractivity (Wildman–Crippen MR) is 124 cm³/mol. The van der Waals surface area contributed by atoms with Crippen molar-refractivity contribution in [1.82, 2.24) is 14.7 Å². The zero-order valence-electron chi connectivity index (χ0n) is 18.4. The summed E-state index contributed by atoms with van der Waals surface area (Å²) in [7, 11) is 1.74. The van der Waals surface area contributed by atoms with Gasteiger partial charge in [-0.3, -0.25) is 14.3 Å². The monoisotopic (exact) mass is 438 g/mol. The Bertz CT molecular complexity index is 1110. The fourth-order valence-corrected chi connectivity index (χ4v) is 3.29. The van der Waals surface area contributed by atoms with Gasteiger partial charge in [0.05, 0.1) is 16.1 Å². The average molecular weight is 439 g/mol. The van der Waals surface area contributed by atoms with E-state index in [0.29, 0.717) is 34.1 Å². The van der Waals surface area contributed by atoms with Gasteiger partial charge in [-0.1, -0.05) is 41.9 Å². The summed E-state index contributed by atoms with van der Waals surface area (Å²) < 4.78 is 1.78. The van der Waals surface area contributed by atoms with E-state index in [1.807, 2.05) is 63.2 Å². The quantitative estimate of drug-likeness (QED) is 0.596. The van der Waals surface area contributed by atoms with E-state index < -0.39 is 0 Å². The third-order valence-electron chi connectivity index (χ3n) is 4.92. The number of amides is 2. The fraction of sp³-hybridized carbons (Fsp3) is 0.292. The van der Waals surface area contributed by atoms with E-state index in [9.17, 15) is 9.59 Å². The Morgan fingerprint density at radius 3 is 2.48 bits per heavy atom. The van der Waals surface area contributed by atoms with E-state index in [1.54, 1.807) is 28.9 Å². The summed E-state index contributed by atoms with van der Waals surface area (Å²) in [6, 6.07) is 14.8. The molecule has 3 aromatic rings. The van der Waals surface area contributed by atoms with Crippen molar-refractivity contribution in [3.63, 3.8) is 0 Å². The number of carbonyl (C=O) groups excluding carboxylic acids is 2. The number of carbonyl (C=O) groups is 2. The Hall–Kier alpha value is -3.12. The molecule has 0 saturated carbocycles. The first-order valence-electron chi connectivity index (χ1n) is 10.0. The highest BCUT2D eigenvalue weighted by Gasteiger charge is 2.24. The van der Waals surface area contributed by atoms with Crippen LogP contribution < -0.4 is 5.32 Å². The zero-order valence-corrected chi connectivity index (χ0v) is 19.2. The van der Waals surface area contributed by atoms with Crippen LogP contribution >= 0.6 is 11.6 Å². The molecular formula is C24H27ClN4O2. The molecule has 2 amide bonds. The SMILES string of the molecule is CC(=O)N(C)Cc1cccc(NC(=O)c2cn(C(C)(C)C)nc2-c2ccccc2Cl)c1. The number of nitrogens with one attached hydrogen (secondary N) is 1. The van der Waals surface area contributed by atoms with Crippen LogP contribution in [-0.4, -0.2) is 33.5 Å². The number of halogens is 1. The molecule has 0 aliphatic rings. The molecule has 0 bridgehead atoms. The van der Waals surface area contributed by atoms with Gasteiger partial charge in [0.15, 0.2) is 0 Å². The maximum Gasteiger partial charge on any atom is 0.259 e. The molecule has 31 heavy (non-hydrogen) atoms. The third kappa shape index (κ3) is 5.33. The standard InChI is InChI=1S/C24H27ClN4O2/c1-16(30)28(5)14-17-9-8-10-18(13-17)26-23(31)20-15-29(24(2,3)4)27-22(20)19-11-6-7-12-21(19)25/h6-13,15H,14H2,1-5H3,(H,26,31). The summed E-state index contributed by atoms with van der Waals surface area (Å²) in [5, 5.41) is 8.17. The highest BCUT2D eigenvalue weighted by Crippen LogP contribution is 2.31. The van der Waals surface area contributed by atoms with Crippen molar-refractivity contribution in [2.24, 2.45) is 0 Å². The lowest BCUT2D eigenvalue weighted by Crippen LogP contribution is -2.23. The first-order chi connectivity index (χ1) is 14.6. The van der Waals surface area contributed by atoms with Crippen LogP contribution in [0.1, 0.15) is 43.6 Å². The van der Waals surface area contributed by atoms with Crippen molar-refractivity contribution < 1.29 is 9.59 Å². The van der Waals surface area contributed by atoms with Gasteiger partial charge in [-0.25, -0.2) is 0 Å². The molecule has 1 heterocycles. The Morgan fingerprint density at radius 1 is 1.13 bits per heavy atom. The smallest absolute Gasteiger partial charge is 0.259 e. The lowest BCUT2D eigenvalue weighted by Gasteiger charge is -2.18. The normalized spacial score (nSPS) is 11.3. The van der Waals surface area contributed by atoms with E-state index >= 15 is 0 Å². The van der Waals surface area contributed by atoms with Gasteiger partial charge < -0.3 is 10.2 Å². The molecule has 1 N–H and O–H groups in total. The highest BCUT2D eigenvalue weighted by molar-refractivity contribution is 6.33. The molecule has 0 saturated heterocycles. The summed E-state index contributed by atoms with van der Waals surface area (Å²) >= 11 is 6.40. The van der Waals surface area contributed by atoms with E-state index in [1.165, 1.54) is 6.92 Å². The molecule has 0 atom stereocenters. The van der Waals surface area contributed by atoms with Crippen molar-refractivity contribution in [2.45, 2.75) is 39.8 Å². The Kier molecular flexibility index (Phi) is 6.51. The number of hydrogen-bond donors (Lipinski definition) is 1. The van der Waals surface area contributed by atoms with E-state index in [4.69, 9.17) is 11.6 Å². The number of aromatic nitrogens is 2. The van der Waals surface area contributed by atoms with Crippen LogP contribution in [0, 0.1) is 0 Å². The predicted octanol–water partition coefficient (Wildman–Crippen LogP) is 5.19. The molecule has 1 aromatic heterocycles. The van der Waals surface area contributed by atoms with Crippen molar-refractivity contribution in [3.05, 3.63) is 70.9 Å². The van der Waals surface area contributed by atoms with Gasteiger partial charge in [0.25, 0.3) is 5.91 Å². The molecule has 0 spiro atoms. The Labute approximate surface area is 187 Å². The number of benzene rings is 2. The summed E-state index contributed by atoms with van der Waals surface area (Å²) in [6.07, 6.45) is 1.75. The number of anilines is 1. The molecule has 0 unspecified atom stereocenters. The lowest BCUT2D eigenvalue weighted by molar-refractivity contribution is -0.128. The molecule has 0 radical (unpaired) electrons. The first-order valence-corrected chi connectivity index (χ1v) is 10.4. The van der Waals surface area contributed by atoms with Gasteiger partial charge in [0, 0.05) is 38.0 Å². The van der Waals surface area contributed by atoms with Gasteiger partial charge in [0.1, 0.15) is 5.69 Å². The van der Waals surface area contributed by atoms with Gasteiger partial charge in [-0.05, 0) is 44.5 Å². The van der Waals surface area contributed by atoms with Gasteiger partial charge in [0.2, 0.25) is 5.91 Å². The third-order valence-corrected chi connectivity index (χ3v) is 5.25. The average Bonchev–Trinajstić information content (AvgIpc) is 3.14. The summed E-state index contributed by atoms with van der Waals surface area (Å²) in [4.78, 5) is 26.4. The second kappa shape index (κ2) is 8.94. The molecule has 6 nitrogen and oxygen atoms in total. The molecule has 0 aliphatic heterocycles. The van der Waals surface area contributed by atoms with Crippen LogP contribution in [0.4, 0.5) is 5.69 Å². The van der Waals surface area contributed by atoms with Crippen molar-refractivity contribution >= 4 is 29.1 Å². The fourth-order valence-electron chi connectivity index (χ4n) is 3.07. The van der Waals surface area contributed by atoms with Crippen LogP contribution in [-0.2, 0) is 16.9 Å². The van der Waals surface area contributed by atoms with Gasteiger partial charge >= 0.3 is 0 Å². The maximum absolute atomic E-state index is 13.2. The second-order valence-corrected chi connectivity index (χ2v) is 8.92. The van der Waals surface area contributed by atoms with Crippen LogP contribution in [0.5, 0.6) is 0 Å². The number of nitrogens with zero attached hydrogens (tertiary/aromatic N) is 3. The molecule has 3 rings (SSSR count). The molecule has 162 valence electrons. The van der Waals surface area contributed by atoms with Gasteiger partial charge in [-0.2, -0.15) is 5.10 Å². The number of rotatable bonds is 5. The number of hydrogen-bond acceptors (Lipinski definition) is 3. The maximum atomic E-state index is 13.2. The van der Waals surface area contributed by atoms with E-state index in [0.717, 1.165) is 5.56 Å². The lowest BCUT2D eigenvalue weighted by atomic mass is 10.1. The van der Waals surface area contributed by atoms with Crippen LogP contribution in [0.2, 0.25) is 5.02 Å². The minimum atomic E-state index is -0.300. The van der Waals surface area contributed by atoms with Crippen LogP contribution in [0.25, 0.3) is 11.3 Å². The van der Waals surface area contributed by atoms with E-state index in [2.05, 4.69) is 10.4 Å². The minimum absolute atomic E-state index is 0.0200. The molecule has 7 heteroatoms. The molecule has 0 fully saturated rings. The second-order valence-electron chi connectivity index (χ2n) is 8.52. The van der Waals surface area contributed by atoms with Crippen molar-refractivity contribution in [3.8, 4) is 11.3 Å². The largest absolute Gasteiger partial charge is 0.342 e. The Morgan fingerprint density at radius 2 is 1.84 bits per heavy atom. The topological polar surface area (TPSA) is 67.2 Å². The molecule has 0 aliphatic carbocycles. The zero-order chi connectivity index (χ0) is 22.8. The van der Waals surface area contributed by atoms with Crippen molar-refractivity contribution in [2.75, 3.05) is 12.4 Å². The highest BCUT2D eigenvalue weighted by atomic mass is 35.5. The first kappa shape index (κ1) is 22.6. The Balaban J connectivity index is 1.94. The van der Waals surface area contributed by atoms with Crippen LogP contribution in [0.15, 0.2) is 54.7 Å². The minimum Gasteiger partial charge on any atom is -0.342 e. The molecule has 2 aromatic carbocycles.